The van der Waals surface area contributed by atoms with E-state index >= 15 is 0 Å². The van der Waals surface area contributed by atoms with Crippen LogP contribution in [0.3, 0.4) is 0 Å². The highest BCUT2D eigenvalue weighted by Crippen LogP contribution is 1.21. The van der Waals surface area contributed by atoms with E-state index < -0.39 is 6.16 Å². The summed E-state index contributed by atoms with van der Waals surface area (Å²) in [6.45, 7) is 0. The molecule has 0 radical (unpaired) electrons. The Morgan fingerprint density at radius 2 is 0.778 bits per heavy atom. The van der Waals surface area contributed by atoms with Gasteiger partial charge in [-0.1, -0.05) is 0 Å². The van der Waals surface area contributed by atoms with Crippen molar-refractivity contribution in [3.05, 3.63) is 0 Å². The van der Waals surface area contributed by atoms with E-state index in [0.29, 0.717) is 0 Å². The Kier molecular flexibility index (Phi) is 636. The molecule has 0 aliphatic rings. The van der Waals surface area contributed by atoms with Crippen LogP contribution in [0.25, 0.3) is 0 Å². The van der Waals surface area contributed by atoms with Gasteiger partial charge < -0.3 is 42.4 Å². The predicted octanol–water partition coefficient (Wildman–Crippen LogP) is -6.57. The van der Waals surface area contributed by atoms with Gasteiger partial charge in [-0.15, -0.1) is 0 Å². The van der Waals surface area contributed by atoms with E-state index in [1.165, 1.54) is 0 Å². The lowest BCUT2D eigenvalue weighted by atomic mass is 11.5. The van der Waals surface area contributed by atoms with Crippen LogP contribution in [-0.2, 0) is 0 Å². The largest absolute Gasteiger partial charge is 0.652 e. The second-order valence-corrected chi connectivity index (χ2v) is 0.250. The molecule has 0 aromatic carbocycles. The van der Waals surface area contributed by atoms with Crippen molar-refractivity contribution < 1.29 is 42.4 Å². The first-order chi connectivity index (χ1) is 1.73. The first kappa shape index (κ1) is 94.1. The molecule has 0 fully saturated rings. The first-order valence-electron chi connectivity index (χ1n) is 0.612. The minimum absolute atomic E-state index is 0. The Morgan fingerprint density at radius 3 is 0.778 bits per heavy atom. The lowest BCUT2D eigenvalue weighted by Crippen LogP contribution is -2.37. The van der Waals surface area contributed by atoms with Crippen molar-refractivity contribution in [2.24, 2.45) is 0 Å². The molecule has 10 N–H and O–H groups in total. The van der Waals surface area contributed by atoms with Crippen molar-refractivity contribution in [2.45, 2.75) is 0 Å². The Balaban J connectivity index is -0.00000000450. The molecule has 0 aliphatic heterocycles. The van der Waals surface area contributed by atoms with Gasteiger partial charge in [0.2, 0.25) is 0 Å². The fourth-order valence-electron chi connectivity index (χ4n) is 0. The number of rotatable bonds is 0. The van der Waals surface area contributed by atoms with E-state index in [0.717, 1.165) is 0 Å². The Morgan fingerprint density at radius 1 is 0.778 bits per heavy atom. The molecule has 0 rings (SSSR count). The van der Waals surface area contributed by atoms with E-state index in [4.69, 9.17) is 15.0 Å². The molecule has 0 aromatic heterocycles. The van der Waals surface area contributed by atoms with Crippen molar-refractivity contribution in [1.82, 2.24) is 0 Å². The summed E-state index contributed by atoms with van der Waals surface area (Å²) in [6.07, 6.45) is -2.33. The predicted molar refractivity (Wildman–Crippen MR) is 23.5 cm³/mol. The molecule has 8 nitrogen and oxygen atoms in total. The smallest absolute Gasteiger partial charge is 0.0431 e. The third kappa shape index (κ3) is 210. The molecule has 0 atom stereocenters. The van der Waals surface area contributed by atoms with Gasteiger partial charge in [0.25, 0.3) is 0 Å². The molecule has 64 valence electrons. The van der Waals surface area contributed by atoms with Crippen molar-refractivity contribution in [3.63, 3.8) is 0 Å². The highest BCUT2D eigenvalue weighted by atomic mass is 16.6. The topological polar surface area (TPSA) is 221 Å². The molecule has 0 spiro atoms. The number of hydrogen-bond donors (Lipinski definition) is 0. The van der Waals surface area contributed by atoms with Crippen molar-refractivity contribution >= 4 is 6.16 Å². The van der Waals surface area contributed by atoms with E-state index in [2.05, 4.69) is 0 Å². The lowest BCUT2D eigenvalue weighted by molar-refractivity contribution is -0.415. The van der Waals surface area contributed by atoms with Crippen LogP contribution in [0.5, 0.6) is 0 Å². The molecule has 0 saturated carbocycles. The summed E-state index contributed by atoms with van der Waals surface area (Å²) in [5.41, 5.74) is 0. The van der Waals surface area contributed by atoms with Crippen LogP contribution in [0.4, 0.5) is 4.79 Å². The van der Waals surface area contributed by atoms with Gasteiger partial charge in [-0.3, -0.25) is 0 Å². The molecular weight excluding hydrogens is 140 g/mol. The first-order valence-corrected chi connectivity index (χ1v) is 0.612. The maximum atomic E-state index is 8.33. The number of carbonyl (C=O) groups is 1. The molecule has 9 heavy (non-hydrogen) atoms. The summed E-state index contributed by atoms with van der Waals surface area (Å²) in [7, 11) is 0. The van der Waals surface area contributed by atoms with Crippen LogP contribution >= 0.6 is 0 Å². The summed E-state index contributed by atoms with van der Waals surface area (Å²) in [6, 6.07) is 0. The molecule has 0 unspecified atom stereocenters. The summed E-state index contributed by atoms with van der Waals surface area (Å²) in [5, 5.41) is 16.7. The molecule has 0 bridgehead atoms. The van der Waals surface area contributed by atoms with Crippen LogP contribution in [0, 0.1) is 0 Å². The fourth-order valence-corrected chi connectivity index (χ4v) is 0. The summed E-state index contributed by atoms with van der Waals surface area (Å²) in [4.78, 5) is 8.33. The van der Waals surface area contributed by atoms with Gasteiger partial charge in [-0.25, -0.2) is 0 Å². The third-order valence-electron chi connectivity index (χ3n) is 0. The number of hydrogen-bond acceptors (Lipinski definition) is 3. The fraction of sp³-hybridized carbons (Fsp3) is 0. The highest BCUT2D eigenvalue weighted by molar-refractivity contribution is 5.47. The molecule has 0 saturated heterocycles. The van der Waals surface area contributed by atoms with Crippen LogP contribution in [0.15, 0.2) is 0 Å². The molecule has 0 amide bonds. The second kappa shape index (κ2) is 60.8. The standard InChI is InChI=1S/CH2O3.5H2O/c2-1(3)4;;;;;/h(H2,2,3,4);5*1H2/p-2. The molecule has 0 aliphatic carbocycles. The van der Waals surface area contributed by atoms with Gasteiger partial charge in [0.05, 0.1) is 0 Å². The van der Waals surface area contributed by atoms with Crippen LogP contribution in [-0.4, -0.2) is 33.5 Å². The van der Waals surface area contributed by atoms with Crippen molar-refractivity contribution in [3.8, 4) is 0 Å². The molecular formula is CH10O8-2. The molecule has 8 heteroatoms. The van der Waals surface area contributed by atoms with Gasteiger partial charge in [0, 0.05) is 0 Å². The number of carboxylic acid groups (broad SMARTS) is 2. The zero-order chi connectivity index (χ0) is 3.58. The minimum atomic E-state index is -2.33. The zero-order valence-corrected chi connectivity index (χ0v) is 4.22. The van der Waals surface area contributed by atoms with Gasteiger partial charge >= 0.3 is 0 Å². The average Bonchev–Trinajstić information content (AvgIpc) is 0.811. The quantitative estimate of drug-likeness (QED) is 0.328. The van der Waals surface area contributed by atoms with Crippen LogP contribution < -0.4 is 10.2 Å². The van der Waals surface area contributed by atoms with E-state index in [-0.39, 0.29) is 27.4 Å². The SMILES string of the molecule is O.O.O.O.O.O=C([O-])[O-]. The van der Waals surface area contributed by atoms with Gasteiger partial charge in [-0.2, -0.15) is 0 Å². The maximum Gasteiger partial charge on any atom is -0.0431 e. The average molecular weight is 150 g/mol. The molecule has 0 aromatic rings. The lowest BCUT2D eigenvalue weighted by Gasteiger charge is -1.96. The van der Waals surface area contributed by atoms with Gasteiger partial charge in [0.1, 0.15) is 0 Å². The Hall–Kier alpha value is -0.930. The van der Waals surface area contributed by atoms with Crippen LogP contribution in [0.1, 0.15) is 0 Å². The van der Waals surface area contributed by atoms with Gasteiger partial charge in [0.15, 0.2) is 0 Å². The third-order valence-corrected chi connectivity index (χ3v) is 0. The maximum absolute atomic E-state index is 8.33. The zero-order valence-electron chi connectivity index (χ0n) is 4.22. The normalized spacial score (nSPS) is 2.67. The van der Waals surface area contributed by atoms with E-state index in [1.54, 1.807) is 0 Å². The van der Waals surface area contributed by atoms with E-state index in [1.807, 2.05) is 0 Å². The molecule has 0 heterocycles. The van der Waals surface area contributed by atoms with Crippen molar-refractivity contribution in [2.75, 3.05) is 0 Å². The monoisotopic (exact) mass is 150 g/mol. The minimum Gasteiger partial charge on any atom is -0.652 e. The number of carbonyl (C=O) groups excluding carboxylic acids is 1. The van der Waals surface area contributed by atoms with Crippen LogP contribution in [0.2, 0.25) is 0 Å². The van der Waals surface area contributed by atoms with Gasteiger partial charge in [-0.05, 0) is 6.16 Å². The van der Waals surface area contributed by atoms with E-state index in [9.17, 15) is 0 Å². The Bertz CT molecular complexity index is 27.5. The summed E-state index contributed by atoms with van der Waals surface area (Å²) >= 11 is 0. The highest BCUT2D eigenvalue weighted by Gasteiger charge is 1.26. The second-order valence-electron chi connectivity index (χ2n) is 0.250. The summed E-state index contributed by atoms with van der Waals surface area (Å²) < 4.78 is 0. The van der Waals surface area contributed by atoms with Crippen molar-refractivity contribution in [1.29, 1.82) is 0 Å². The summed E-state index contributed by atoms with van der Waals surface area (Å²) in [5.74, 6) is 0. The Labute approximate surface area is 49.9 Å².